The van der Waals surface area contributed by atoms with E-state index in [2.05, 4.69) is 0 Å². The molecule has 1 amide bonds. The average Bonchev–Trinajstić information content (AvgIpc) is 2.43. The highest BCUT2D eigenvalue weighted by Crippen LogP contribution is 2.30. The maximum Gasteiger partial charge on any atom is 0.409 e. The number of carbonyl (C=O) groups excluding carboxylic acids is 1. The first-order valence-corrected chi connectivity index (χ1v) is 7.49. The average molecular weight is 269 g/mol. The van der Waals surface area contributed by atoms with Crippen molar-refractivity contribution >= 4 is 6.09 Å². The van der Waals surface area contributed by atoms with E-state index in [1.807, 2.05) is 4.90 Å². The number of hydrogen-bond acceptors (Lipinski definition) is 4. The van der Waals surface area contributed by atoms with Gasteiger partial charge in [0.25, 0.3) is 0 Å². The molecule has 19 heavy (non-hydrogen) atoms. The van der Waals surface area contributed by atoms with E-state index < -0.39 is 0 Å². The van der Waals surface area contributed by atoms with Crippen molar-refractivity contribution in [3.8, 4) is 0 Å². The van der Waals surface area contributed by atoms with Crippen LogP contribution in [0.1, 0.15) is 51.4 Å². The molecule has 2 aliphatic carbocycles. The number of carbonyl (C=O) groups is 1. The van der Waals surface area contributed by atoms with Crippen LogP contribution < -0.4 is 11.5 Å². The predicted molar refractivity (Wildman–Crippen MR) is 74.7 cm³/mol. The quantitative estimate of drug-likeness (QED) is 0.797. The van der Waals surface area contributed by atoms with Gasteiger partial charge in [-0.3, -0.25) is 0 Å². The second kappa shape index (κ2) is 6.57. The van der Waals surface area contributed by atoms with Crippen molar-refractivity contribution in [2.24, 2.45) is 11.5 Å². The molecule has 4 N–H and O–H groups in total. The van der Waals surface area contributed by atoms with Crippen LogP contribution in [0.2, 0.25) is 0 Å². The molecule has 2 rings (SSSR count). The zero-order valence-corrected chi connectivity index (χ0v) is 11.9. The van der Waals surface area contributed by atoms with Crippen LogP contribution in [-0.4, -0.2) is 42.3 Å². The molecular weight excluding hydrogens is 242 g/mol. The summed E-state index contributed by atoms with van der Waals surface area (Å²) >= 11 is 0. The van der Waals surface area contributed by atoms with Crippen molar-refractivity contribution in [1.29, 1.82) is 0 Å². The summed E-state index contributed by atoms with van der Waals surface area (Å²) in [5, 5.41) is 0. The minimum Gasteiger partial charge on any atom is -0.453 e. The fourth-order valence-corrected chi connectivity index (χ4v) is 3.46. The number of methoxy groups -OCH3 is 1. The lowest BCUT2D eigenvalue weighted by molar-refractivity contribution is 0.0545. The first-order chi connectivity index (χ1) is 9.11. The summed E-state index contributed by atoms with van der Waals surface area (Å²) in [5.74, 6) is 0. The number of rotatable bonds is 2. The van der Waals surface area contributed by atoms with Gasteiger partial charge >= 0.3 is 6.09 Å². The molecule has 2 saturated carbocycles. The van der Waals surface area contributed by atoms with Gasteiger partial charge in [-0.1, -0.05) is 0 Å². The Morgan fingerprint density at radius 3 is 1.58 bits per heavy atom. The monoisotopic (exact) mass is 269 g/mol. The molecule has 2 aliphatic rings. The van der Waals surface area contributed by atoms with Crippen LogP contribution >= 0.6 is 0 Å². The van der Waals surface area contributed by atoms with E-state index in [1.165, 1.54) is 7.11 Å². The van der Waals surface area contributed by atoms with Crippen LogP contribution in [0.5, 0.6) is 0 Å². The lowest BCUT2D eigenvalue weighted by Gasteiger charge is -2.42. The van der Waals surface area contributed by atoms with Crippen molar-refractivity contribution < 1.29 is 9.53 Å². The highest BCUT2D eigenvalue weighted by Gasteiger charge is 2.35. The molecular formula is C14H27N3O2. The highest BCUT2D eigenvalue weighted by atomic mass is 16.5. The fourth-order valence-electron chi connectivity index (χ4n) is 3.46. The summed E-state index contributed by atoms with van der Waals surface area (Å²) in [6.07, 6.45) is 7.83. The van der Waals surface area contributed by atoms with Crippen molar-refractivity contribution in [2.45, 2.75) is 75.5 Å². The van der Waals surface area contributed by atoms with Crippen molar-refractivity contribution in [3.63, 3.8) is 0 Å². The second-order valence-electron chi connectivity index (χ2n) is 6.01. The van der Waals surface area contributed by atoms with Crippen molar-refractivity contribution in [1.82, 2.24) is 4.90 Å². The maximum absolute atomic E-state index is 12.1. The molecule has 0 aliphatic heterocycles. The first kappa shape index (κ1) is 14.6. The number of nitrogens with zero attached hydrogens (tertiary/aromatic N) is 1. The zero-order valence-electron chi connectivity index (χ0n) is 11.9. The van der Waals surface area contributed by atoms with Crippen molar-refractivity contribution in [3.05, 3.63) is 0 Å². The molecule has 0 aromatic rings. The van der Waals surface area contributed by atoms with Crippen molar-refractivity contribution in [2.75, 3.05) is 7.11 Å². The van der Waals surface area contributed by atoms with Crippen LogP contribution in [-0.2, 0) is 4.74 Å². The molecule has 0 aromatic carbocycles. The van der Waals surface area contributed by atoms with Gasteiger partial charge in [0.1, 0.15) is 0 Å². The Hall–Kier alpha value is -0.810. The van der Waals surface area contributed by atoms with Gasteiger partial charge in [-0.05, 0) is 51.4 Å². The number of hydrogen-bond donors (Lipinski definition) is 2. The Labute approximate surface area is 115 Å². The molecule has 0 aromatic heterocycles. The molecule has 0 spiro atoms. The number of amides is 1. The standard InChI is InChI=1S/C14H27N3O2/c1-19-14(18)17(12-6-2-10(15)3-7-12)13-8-4-11(16)5-9-13/h10-13H,2-9,15-16H2,1H3. The van der Waals surface area contributed by atoms with E-state index in [9.17, 15) is 4.79 Å². The van der Waals surface area contributed by atoms with Gasteiger partial charge in [0, 0.05) is 24.2 Å². The smallest absolute Gasteiger partial charge is 0.409 e. The Morgan fingerprint density at radius 1 is 0.895 bits per heavy atom. The van der Waals surface area contributed by atoms with Gasteiger partial charge < -0.3 is 21.1 Å². The van der Waals surface area contributed by atoms with Crippen LogP contribution in [0.25, 0.3) is 0 Å². The second-order valence-corrected chi connectivity index (χ2v) is 6.01. The molecule has 5 heteroatoms. The Morgan fingerprint density at radius 2 is 1.26 bits per heavy atom. The molecule has 110 valence electrons. The Kier molecular flexibility index (Phi) is 5.05. The predicted octanol–water partition coefficient (Wildman–Crippen LogP) is 1.59. The van der Waals surface area contributed by atoms with E-state index in [-0.39, 0.29) is 6.09 Å². The molecule has 0 bridgehead atoms. The summed E-state index contributed by atoms with van der Waals surface area (Å²) in [6.45, 7) is 0. The molecule has 0 heterocycles. The maximum atomic E-state index is 12.1. The van der Waals surface area contributed by atoms with E-state index >= 15 is 0 Å². The molecule has 0 radical (unpaired) electrons. The lowest BCUT2D eigenvalue weighted by atomic mass is 9.86. The third-order valence-electron chi connectivity index (χ3n) is 4.65. The summed E-state index contributed by atoms with van der Waals surface area (Å²) in [5.41, 5.74) is 11.9. The van der Waals surface area contributed by atoms with E-state index in [0.29, 0.717) is 24.2 Å². The topological polar surface area (TPSA) is 81.6 Å². The normalized spacial score (nSPS) is 35.7. The fraction of sp³-hybridized carbons (Fsp3) is 0.929. The highest BCUT2D eigenvalue weighted by molar-refractivity contribution is 5.68. The summed E-state index contributed by atoms with van der Waals surface area (Å²) in [4.78, 5) is 14.1. The van der Waals surface area contributed by atoms with Gasteiger partial charge in [0.15, 0.2) is 0 Å². The van der Waals surface area contributed by atoms with E-state index in [4.69, 9.17) is 16.2 Å². The van der Waals surface area contributed by atoms with Gasteiger partial charge in [-0.2, -0.15) is 0 Å². The van der Waals surface area contributed by atoms with E-state index in [1.54, 1.807) is 0 Å². The SMILES string of the molecule is COC(=O)N(C1CCC(N)CC1)C1CCC(N)CC1. The van der Waals surface area contributed by atoms with Gasteiger partial charge in [0.05, 0.1) is 7.11 Å². The van der Waals surface area contributed by atoms with Gasteiger partial charge in [-0.15, -0.1) is 0 Å². The third kappa shape index (κ3) is 3.60. The van der Waals surface area contributed by atoms with Crippen LogP contribution in [0.3, 0.4) is 0 Å². The van der Waals surface area contributed by atoms with Gasteiger partial charge in [-0.25, -0.2) is 4.79 Å². The largest absolute Gasteiger partial charge is 0.453 e. The number of nitrogens with two attached hydrogens (primary N) is 2. The van der Waals surface area contributed by atoms with Crippen LogP contribution in [0.4, 0.5) is 4.79 Å². The summed E-state index contributed by atoms with van der Waals surface area (Å²) in [6, 6.07) is 1.20. The Balaban J connectivity index is 2.01. The minimum atomic E-state index is -0.180. The molecule has 0 atom stereocenters. The summed E-state index contributed by atoms with van der Waals surface area (Å²) in [7, 11) is 1.47. The summed E-state index contributed by atoms with van der Waals surface area (Å²) < 4.78 is 5.00. The lowest BCUT2D eigenvalue weighted by Crippen LogP contribution is -2.51. The molecule has 0 unspecified atom stereocenters. The van der Waals surface area contributed by atoms with Crippen LogP contribution in [0.15, 0.2) is 0 Å². The molecule has 5 nitrogen and oxygen atoms in total. The van der Waals surface area contributed by atoms with E-state index in [0.717, 1.165) is 51.4 Å². The minimum absolute atomic E-state index is 0.180. The first-order valence-electron chi connectivity index (χ1n) is 7.49. The molecule has 0 saturated heterocycles. The van der Waals surface area contributed by atoms with Crippen LogP contribution in [0, 0.1) is 0 Å². The zero-order chi connectivity index (χ0) is 13.8. The third-order valence-corrected chi connectivity index (χ3v) is 4.65. The number of ether oxygens (including phenoxy) is 1. The molecule has 2 fully saturated rings. The Bertz CT molecular complexity index is 273. The van der Waals surface area contributed by atoms with Gasteiger partial charge in [0.2, 0.25) is 0 Å².